The van der Waals surface area contributed by atoms with Gasteiger partial charge < -0.3 is 14.9 Å². The molecule has 2 rings (SSSR count). The van der Waals surface area contributed by atoms with Crippen molar-refractivity contribution >= 4 is 6.09 Å². The van der Waals surface area contributed by atoms with Crippen LogP contribution in [-0.4, -0.2) is 46.5 Å². The van der Waals surface area contributed by atoms with Crippen molar-refractivity contribution in [3.63, 3.8) is 0 Å². The Morgan fingerprint density at radius 1 is 1.41 bits per heavy atom. The van der Waals surface area contributed by atoms with E-state index in [1.54, 1.807) is 0 Å². The summed E-state index contributed by atoms with van der Waals surface area (Å²) in [7, 11) is 0. The number of para-hydroxylation sites is 1. The molecule has 1 heterocycles. The molecule has 1 aliphatic heterocycles. The van der Waals surface area contributed by atoms with E-state index in [2.05, 4.69) is 0 Å². The van der Waals surface area contributed by atoms with Gasteiger partial charge in [-0.05, 0) is 12.1 Å². The maximum absolute atomic E-state index is 10.9. The molecule has 1 fully saturated rings. The number of nitrogens with zero attached hydrogens (tertiary/aromatic N) is 1. The number of ether oxygens (including phenoxy) is 1. The molecule has 1 aromatic rings. The average molecular weight is 237 g/mol. The predicted octanol–water partition coefficient (Wildman–Crippen LogP) is 1.18. The van der Waals surface area contributed by atoms with E-state index in [1.165, 1.54) is 4.90 Å². The third kappa shape index (κ3) is 2.68. The molecular formula is C12H15NO4. The van der Waals surface area contributed by atoms with E-state index in [9.17, 15) is 4.79 Å². The highest BCUT2D eigenvalue weighted by molar-refractivity contribution is 5.66. The van der Waals surface area contributed by atoms with Gasteiger partial charge >= 0.3 is 6.09 Å². The summed E-state index contributed by atoms with van der Waals surface area (Å²) in [6.07, 6.45) is -0.675. The highest BCUT2D eigenvalue weighted by Crippen LogP contribution is 2.22. The lowest BCUT2D eigenvalue weighted by Crippen LogP contribution is -2.36. The number of likely N-dealkylation sites (tertiary alicyclic amines) is 1. The van der Waals surface area contributed by atoms with E-state index in [0.29, 0.717) is 13.0 Å². The van der Waals surface area contributed by atoms with Crippen LogP contribution in [0.5, 0.6) is 5.75 Å². The molecule has 0 bridgehead atoms. The van der Waals surface area contributed by atoms with Crippen molar-refractivity contribution in [3.05, 3.63) is 30.3 Å². The van der Waals surface area contributed by atoms with Crippen LogP contribution >= 0.6 is 0 Å². The summed E-state index contributed by atoms with van der Waals surface area (Å²) < 4.78 is 5.67. The number of benzene rings is 1. The molecule has 17 heavy (non-hydrogen) atoms. The lowest BCUT2D eigenvalue weighted by molar-refractivity contribution is 0.116. The van der Waals surface area contributed by atoms with Crippen molar-refractivity contribution in [2.24, 2.45) is 0 Å². The predicted molar refractivity (Wildman–Crippen MR) is 61.1 cm³/mol. The largest absolute Gasteiger partial charge is 0.489 e. The molecule has 0 aliphatic carbocycles. The minimum absolute atomic E-state index is 0.166. The van der Waals surface area contributed by atoms with E-state index in [0.717, 1.165) is 5.75 Å². The SMILES string of the molecule is O=C(O)N1CC(Oc2ccccc2)CC1CO. The molecule has 0 radical (unpaired) electrons. The molecule has 1 saturated heterocycles. The van der Waals surface area contributed by atoms with Crippen LogP contribution in [0.2, 0.25) is 0 Å². The summed E-state index contributed by atoms with van der Waals surface area (Å²) in [5, 5.41) is 18.1. The molecule has 0 spiro atoms. The monoisotopic (exact) mass is 237 g/mol. The Labute approximate surface area is 99.2 Å². The van der Waals surface area contributed by atoms with Crippen LogP contribution in [0.1, 0.15) is 6.42 Å². The van der Waals surface area contributed by atoms with Crippen molar-refractivity contribution in [3.8, 4) is 5.75 Å². The van der Waals surface area contributed by atoms with Gasteiger partial charge in [-0.25, -0.2) is 4.79 Å². The number of carbonyl (C=O) groups is 1. The molecule has 1 amide bonds. The van der Waals surface area contributed by atoms with Gasteiger partial charge in [0, 0.05) is 6.42 Å². The van der Waals surface area contributed by atoms with Crippen molar-refractivity contribution < 1.29 is 19.7 Å². The Balaban J connectivity index is 1.99. The van der Waals surface area contributed by atoms with Gasteiger partial charge in [-0.3, -0.25) is 4.90 Å². The van der Waals surface area contributed by atoms with Gasteiger partial charge in [0.05, 0.1) is 19.2 Å². The maximum Gasteiger partial charge on any atom is 0.407 e. The zero-order chi connectivity index (χ0) is 12.3. The fourth-order valence-corrected chi connectivity index (χ4v) is 2.06. The lowest BCUT2D eigenvalue weighted by Gasteiger charge is -2.18. The van der Waals surface area contributed by atoms with Gasteiger partial charge in [0.15, 0.2) is 0 Å². The molecule has 2 unspecified atom stereocenters. The van der Waals surface area contributed by atoms with Gasteiger partial charge in [-0.15, -0.1) is 0 Å². The second-order valence-corrected chi connectivity index (χ2v) is 4.06. The zero-order valence-electron chi connectivity index (χ0n) is 9.32. The van der Waals surface area contributed by atoms with E-state index >= 15 is 0 Å². The molecule has 5 nitrogen and oxygen atoms in total. The molecule has 2 N–H and O–H groups in total. The zero-order valence-corrected chi connectivity index (χ0v) is 9.32. The third-order valence-electron chi connectivity index (χ3n) is 2.88. The lowest BCUT2D eigenvalue weighted by atomic mass is 10.2. The van der Waals surface area contributed by atoms with Gasteiger partial charge in [0.25, 0.3) is 0 Å². The molecule has 2 atom stereocenters. The van der Waals surface area contributed by atoms with Crippen LogP contribution in [0.4, 0.5) is 4.79 Å². The Hall–Kier alpha value is -1.75. The minimum Gasteiger partial charge on any atom is -0.489 e. The van der Waals surface area contributed by atoms with E-state index in [4.69, 9.17) is 14.9 Å². The Kier molecular flexibility index (Phi) is 3.49. The van der Waals surface area contributed by atoms with Crippen molar-refractivity contribution in [1.29, 1.82) is 0 Å². The highest BCUT2D eigenvalue weighted by Gasteiger charge is 2.35. The quantitative estimate of drug-likeness (QED) is 0.828. The Morgan fingerprint density at radius 2 is 2.12 bits per heavy atom. The van der Waals surface area contributed by atoms with Gasteiger partial charge in [0.2, 0.25) is 0 Å². The fraction of sp³-hybridized carbons (Fsp3) is 0.417. The Bertz CT molecular complexity index is 381. The molecule has 1 aromatic carbocycles. The van der Waals surface area contributed by atoms with Gasteiger partial charge in [-0.2, -0.15) is 0 Å². The average Bonchev–Trinajstić information content (AvgIpc) is 2.73. The van der Waals surface area contributed by atoms with E-state index in [-0.39, 0.29) is 18.8 Å². The van der Waals surface area contributed by atoms with Gasteiger partial charge in [0.1, 0.15) is 11.9 Å². The first-order chi connectivity index (χ1) is 8.20. The molecular weight excluding hydrogens is 222 g/mol. The van der Waals surface area contributed by atoms with Crippen LogP contribution in [0.25, 0.3) is 0 Å². The van der Waals surface area contributed by atoms with Crippen molar-refractivity contribution in [1.82, 2.24) is 4.90 Å². The number of carboxylic acid groups (broad SMARTS) is 1. The summed E-state index contributed by atoms with van der Waals surface area (Å²) in [5.74, 6) is 0.724. The summed E-state index contributed by atoms with van der Waals surface area (Å²) in [6, 6.07) is 8.92. The van der Waals surface area contributed by atoms with E-state index < -0.39 is 6.09 Å². The first-order valence-electron chi connectivity index (χ1n) is 5.53. The second kappa shape index (κ2) is 5.05. The normalized spacial score (nSPS) is 23.7. The number of rotatable bonds is 3. The molecule has 0 aromatic heterocycles. The first kappa shape index (κ1) is 11.7. The van der Waals surface area contributed by atoms with Gasteiger partial charge in [-0.1, -0.05) is 18.2 Å². The van der Waals surface area contributed by atoms with Crippen LogP contribution < -0.4 is 4.74 Å². The minimum atomic E-state index is -1.01. The number of amides is 1. The molecule has 1 aliphatic rings. The second-order valence-electron chi connectivity index (χ2n) is 4.06. The van der Waals surface area contributed by atoms with Crippen LogP contribution in [-0.2, 0) is 0 Å². The van der Waals surface area contributed by atoms with Crippen molar-refractivity contribution in [2.75, 3.05) is 13.2 Å². The molecule has 0 saturated carbocycles. The summed E-state index contributed by atoms with van der Waals surface area (Å²) >= 11 is 0. The highest BCUT2D eigenvalue weighted by atomic mass is 16.5. The van der Waals surface area contributed by atoms with Crippen LogP contribution in [0.3, 0.4) is 0 Å². The Morgan fingerprint density at radius 3 is 2.65 bits per heavy atom. The maximum atomic E-state index is 10.9. The number of aliphatic hydroxyl groups excluding tert-OH is 1. The van der Waals surface area contributed by atoms with E-state index in [1.807, 2.05) is 30.3 Å². The molecule has 5 heteroatoms. The third-order valence-corrected chi connectivity index (χ3v) is 2.88. The fourth-order valence-electron chi connectivity index (χ4n) is 2.06. The van der Waals surface area contributed by atoms with Crippen LogP contribution in [0.15, 0.2) is 30.3 Å². The molecule has 92 valence electrons. The number of hydrogen-bond acceptors (Lipinski definition) is 3. The summed E-state index contributed by atoms with van der Waals surface area (Å²) in [4.78, 5) is 12.2. The topological polar surface area (TPSA) is 70.0 Å². The summed E-state index contributed by atoms with van der Waals surface area (Å²) in [6.45, 7) is 0.135. The standard InChI is InChI=1S/C12H15NO4/c14-8-9-6-11(7-13(9)12(15)16)17-10-4-2-1-3-5-10/h1-5,9,11,14H,6-8H2,(H,15,16). The smallest absolute Gasteiger partial charge is 0.407 e. The van der Waals surface area contributed by atoms with Crippen molar-refractivity contribution in [2.45, 2.75) is 18.6 Å². The first-order valence-corrected chi connectivity index (χ1v) is 5.53. The summed E-state index contributed by atoms with van der Waals surface area (Å²) in [5.41, 5.74) is 0. The van der Waals surface area contributed by atoms with Crippen LogP contribution in [0, 0.1) is 0 Å². The number of hydrogen-bond donors (Lipinski definition) is 2. The number of aliphatic hydroxyl groups is 1.